The molecule has 0 unspecified atom stereocenters. The third-order valence-electron chi connectivity index (χ3n) is 3.83. The number of aliphatic hydroxyl groups excluding tert-OH is 2. The first kappa shape index (κ1) is 24.4. The molecule has 0 saturated heterocycles. The third kappa shape index (κ3) is 9.54. The number of nitrogen functional groups attached to an aromatic ring is 3. The number of aromatic hydroxyl groups is 2. The summed E-state index contributed by atoms with van der Waals surface area (Å²) in [5.74, 6) is 0.395. The van der Waals surface area contributed by atoms with Gasteiger partial charge in [-0.1, -0.05) is 12.1 Å². The lowest BCUT2D eigenvalue weighted by molar-refractivity contribution is 0.281. The highest BCUT2D eigenvalue weighted by molar-refractivity contribution is 5.53. The predicted octanol–water partition coefficient (Wildman–Crippen LogP) is 2.01. The lowest BCUT2D eigenvalue weighted by Crippen LogP contribution is -2.29. The predicted molar refractivity (Wildman–Crippen MR) is 122 cm³/mol. The van der Waals surface area contributed by atoms with Gasteiger partial charge in [-0.05, 0) is 60.7 Å². The second-order valence-corrected chi connectivity index (χ2v) is 6.18. The van der Waals surface area contributed by atoms with E-state index in [0.29, 0.717) is 30.2 Å². The Bertz CT molecular complexity index is 795. The molecule has 3 rings (SSSR count). The van der Waals surface area contributed by atoms with Gasteiger partial charge >= 0.3 is 0 Å². The van der Waals surface area contributed by atoms with Gasteiger partial charge in [0.2, 0.25) is 0 Å². The van der Waals surface area contributed by atoms with Crippen LogP contribution in [0.25, 0.3) is 0 Å². The fourth-order valence-corrected chi connectivity index (χ4v) is 2.26. The van der Waals surface area contributed by atoms with Crippen LogP contribution in [0.5, 0.6) is 11.5 Å². The Labute approximate surface area is 176 Å². The molecule has 0 aromatic heterocycles. The Balaban J connectivity index is 0.000000240. The van der Waals surface area contributed by atoms with Crippen LogP contribution in [0.1, 0.15) is 0 Å². The highest BCUT2D eigenvalue weighted by atomic mass is 16.3. The zero-order valence-electron chi connectivity index (χ0n) is 16.7. The molecule has 0 atom stereocenters. The lowest BCUT2D eigenvalue weighted by Gasteiger charge is -2.22. The summed E-state index contributed by atoms with van der Waals surface area (Å²) in [4.78, 5) is 1.90. The number of hydrogen-bond acceptors (Lipinski definition) is 8. The van der Waals surface area contributed by atoms with Gasteiger partial charge in [0, 0.05) is 30.2 Å². The van der Waals surface area contributed by atoms with Gasteiger partial charge in [0.15, 0.2) is 0 Å². The molecule has 3 aromatic rings. The minimum absolute atomic E-state index is 0.0738. The second-order valence-electron chi connectivity index (χ2n) is 6.18. The average Bonchev–Trinajstić information content (AvgIpc) is 2.74. The van der Waals surface area contributed by atoms with Crippen molar-refractivity contribution in [3.05, 3.63) is 72.8 Å². The number of rotatable bonds is 5. The van der Waals surface area contributed by atoms with E-state index in [9.17, 15) is 0 Å². The number of aliphatic hydroxyl groups is 2. The topological polar surface area (TPSA) is 162 Å². The Morgan fingerprint density at radius 3 is 1.47 bits per heavy atom. The number of nitrogens with two attached hydrogens (primary N) is 3. The van der Waals surface area contributed by atoms with Crippen molar-refractivity contribution in [1.82, 2.24) is 0 Å². The summed E-state index contributed by atoms with van der Waals surface area (Å²) in [7, 11) is 0. The smallest absolute Gasteiger partial charge is 0.138 e. The van der Waals surface area contributed by atoms with Crippen LogP contribution >= 0.6 is 0 Å². The zero-order chi connectivity index (χ0) is 22.4. The summed E-state index contributed by atoms with van der Waals surface area (Å²) in [6, 6.07) is 20.5. The van der Waals surface area contributed by atoms with Crippen LogP contribution in [0.4, 0.5) is 22.7 Å². The Morgan fingerprint density at radius 1 is 0.633 bits per heavy atom. The molecule has 0 amide bonds. The SMILES string of the molecule is Nc1ccc(N(CCO)CCO)cc1.Nc1ccc(O)cc1.Nc1ccccc1O. The first-order valence-corrected chi connectivity index (χ1v) is 9.27. The van der Waals surface area contributed by atoms with E-state index in [4.69, 9.17) is 37.6 Å². The normalized spacial score (nSPS) is 9.53. The van der Waals surface area contributed by atoms with E-state index in [2.05, 4.69) is 0 Å². The largest absolute Gasteiger partial charge is 0.508 e. The van der Waals surface area contributed by atoms with Crippen LogP contribution < -0.4 is 22.1 Å². The molecular weight excluding hydrogens is 384 g/mol. The van der Waals surface area contributed by atoms with Crippen molar-refractivity contribution in [2.24, 2.45) is 0 Å². The zero-order valence-corrected chi connectivity index (χ0v) is 16.7. The number of phenolic OH excluding ortho intramolecular Hbond substituents is 2. The maximum Gasteiger partial charge on any atom is 0.138 e. The molecular formula is C22H30N4O4. The van der Waals surface area contributed by atoms with Crippen molar-refractivity contribution < 1.29 is 20.4 Å². The fourth-order valence-electron chi connectivity index (χ4n) is 2.26. The highest BCUT2D eigenvalue weighted by Gasteiger charge is 2.03. The molecule has 8 nitrogen and oxygen atoms in total. The molecule has 0 fully saturated rings. The number of anilines is 4. The summed E-state index contributed by atoms with van der Waals surface area (Å²) in [6.07, 6.45) is 0. The van der Waals surface area contributed by atoms with Gasteiger partial charge in [-0.25, -0.2) is 0 Å². The molecule has 162 valence electrons. The summed E-state index contributed by atoms with van der Waals surface area (Å²) in [5.41, 5.74) is 18.9. The monoisotopic (exact) mass is 414 g/mol. The molecule has 3 aromatic carbocycles. The Hall–Kier alpha value is -3.62. The van der Waals surface area contributed by atoms with Gasteiger partial charge in [0.25, 0.3) is 0 Å². The molecule has 0 heterocycles. The van der Waals surface area contributed by atoms with Crippen LogP contribution in [-0.4, -0.2) is 46.7 Å². The summed E-state index contributed by atoms with van der Waals surface area (Å²) < 4.78 is 0. The molecule has 0 bridgehead atoms. The molecule has 0 aliphatic heterocycles. The molecule has 0 radical (unpaired) electrons. The van der Waals surface area contributed by atoms with Crippen LogP contribution in [0, 0.1) is 0 Å². The summed E-state index contributed by atoms with van der Waals surface area (Å²) in [6.45, 7) is 1.18. The van der Waals surface area contributed by atoms with Crippen molar-refractivity contribution in [1.29, 1.82) is 0 Å². The minimum Gasteiger partial charge on any atom is -0.508 e. The van der Waals surface area contributed by atoms with E-state index in [1.54, 1.807) is 60.7 Å². The van der Waals surface area contributed by atoms with E-state index >= 15 is 0 Å². The van der Waals surface area contributed by atoms with Gasteiger partial charge in [-0.3, -0.25) is 0 Å². The molecule has 0 aliphatic rings. The first-order chi connectivity index (χ1) is 14.4. The van der Waals surface area contributed by atoms with Crippen LogP contribution in [0.15, 0.2) is 72.8 Å². The van der Waals surface area contributed by atoms with E-state index in [-0.39, 0.29) is 24.7 Å². The van der Waals surface area contributed by atoms with Crippen LogP contribution in [0.2, 0.25) is 0 Å². The van der Waals surface area contributed by atoms with E-state index in [1.165, 1.54) is 0 Å². The standard InChI is InChI=1S/C10H16N2O2.2C6H7NO/c11-9-1-3-10(4-2-9)12(5-7-13)6-8-14;7-5-1-3-6(8)4-2-5;7-5-3-1-2-4-6(5)8/h1-4,13-14H,5-8,11H2;2*1-4,8H,7H2. The van der Waals surface area contributed by atoms with Crippen molar-refractivity contribution in [3.63, 3.8) is 0 Å². The van der Waals surface area contributed by atoms with Crippen molar-refractivity contribution in [2.45, 2.75) is 0 Å². The second kappa shape index (κ2) is 13.5. The number of phenols is 2. The maximum atomic E-state index is 8.83. The van der Waals surface area contributed by atoms with Gasteiger partial charge in [-0.2, -0.15) is 0 Å². The van der Waals surface area contributed by atoms with Crippen LogP contribution in [-0.2, 0) is 0 Å². The van der Waals surface area contributed by atoms with Crippen LogP contribution in [0.3, 0.4) is 0 Å². The summed E-state index contributed by atoms with van der Waals surface area (Å²) in [5, 5.41) is 35.2. The number of para-hydroxylation sites is 2. The van der Waals surface area contributed by atoms with Crippen molar-refractivity contribution in [3.8, 4) is 11.5 Å². The average molecular weight is 415 g/mol. The van der Waals surface area contributed by atoms with Gasteiger partial charge in [0.05, 0.1) is 18.9 Å². The lowest BCUT2D eigenvalue weighted by atomic mass is 10.2. The summed E-state index contributed by atoms with van der Waals surface area (Å²) >= 11 is 0. The van der Waals surface area contributed by atoms with Crippen molar-refractivity contribution >= 4 is 22.7 Å². The Morgan fingerprint density at radius 2 is 1.10 bits per heavy atom. The molecule has 8 heteroatoms. The third-order valence-corrected chi connectivity index (χ3v) is 3.83. The molecule has 30 heavy (non-hydrogen) atoms. The van der Waals surface area contributed by atoms with E-state index in [0.717, 1.165) is 5.69 Å². The van der Waals surface area contributed by atoms with E-state index < -0.39 is 0 Å². The fraction of sp³-hybridized carbons (Fsp3) is 0.182. The van der Waals surface area contributed by atoms with Gasteiger partial charge in [0.1, 0.15) is 11.5 Å². The number of hydrogen-bond donors (Lipinski definition) is 7. The molecule has 10 N–H and O–H groups in total. The molecule has 0 spiro atoms. The quantitative estimate of drug-likeness (QED) is 0.189. The van der Waals surface area contributed by atoms with Gasteiger partial charge in [-0.15, -0.1) is 0 Å². The van der Waals surface area contributed by atoms with Crippen molar-refractivity contribution in [2.75, 3.05) is 48.4 Å². The number of benzene rings is 3. The van der Waals surface area contributed by atoms with E-state index in [1.807, 2.05) is 17.0 Å². The maximum absolute atomic E-state index is 8.83. The van der Waals surface area contributed by atoms with Gasteiger partial charge < -0.3 is 42.5 Å². The number of nitrogens with zero attached hydrogens (tertiary/aromatic N) is 1. The highest BCUT2D eigenvalue weighted by Crippen LogP contribution is 2.16. The minimum atomic E-state index is 0.0738. The first-order valence-electron chi connectivity index (χ1n) is 9.27. The molecule has 0 saturated carbocycles. The molecule has 0 aliphatic carbocycles. The Kier molecular flexibility index (Phi) is 11.0.